The Morgan fingerprint density at radius 1 is 1.03 bits per heavy atom. The van der Waals surface area contributed by atoms with Crippen LogP contribution in [0.3, 0.4) is 0 Å². The number of dihydropyridines is 1. The fourth-order valence-electron chi connectivity index (χ4n) is 4.31. The van der Waals surface area contributed by atoms with Crippen molar-refractivity contribution in [2.75, 3.05) is 7.11 Å². The first-order chi connectivity index (χ1) is 15.4. The third-order valence-corrected chi connectivity index (χ3v) is 6.51. The molecule has 0 unspecified atom stereocenters. The van der Waals surface area contributed by atoms with Crippen molar-refractivity contribution in [2.45, 2.75) is 12.8 Å². The fourth-order valence-corrected chi connectivity index (χ4v) is 4.60. The first-order valence-electron chi connectivity index (χ1n) is 9.90. The zero-order valence-corrected chi connectivity index (χ0v) is 18.7. The molecule has 5 rings (SSSR count). The van der Waals surface area contributed by atoms with Crippen molar-refractivity contribution >= 4 is 40.7 Å². The second-order valence-electron chi connectivity index (χ2n) is 7.58. The predicted octanol–water partition coefficient (Wildman–Crippen LogP) is 5.99. The quantitative estimate of drug-likeness (QED) is 0.480. The van der Waals surface area contributed by atoms with Gasteiger partial charge in [0.15, 0.2) is 5.78 Å². The number of Topliss-reactive ketones (excluding diaryl/α,β-unsaturated/α-hetero) is 1. The molecule has 2 aliphatic rings. The van der Waals surface area contributed by atoms with Gasteiger partial charge in [0.25, 0.3) is 0 Å². The molecule has 7 heteroatoms. The second kappa shape index (κ2) is 7.69. The van der Waals surface area contributed by atoms with Gasteiger partial charge in [-0.25, -0.2) is 4.79 Å². The van der Waals surface area contributed by atoms with Gasteiger partial charge in [0.1, 0.15) is 11.5 Å². The highest BCUT2D eigenvalue weighted by Gasteiger charge is 2.44. The Hall–Kier alpha value is -3.28. The molecule has 2 heterocycles. The lowest BCUT2D eigenvalue weighted by Gasteiger charge is -2.27. The summed E-state index contributed by atoms with van der Waals surface area (Å²) in [7, 11) is 1.32. The standard InChI is InChI=1S/C25H17Cl2NO4/c1-12-20(25(30)31-2)21(22-23(28-12)14-5-3-4-6-15(14)24(22)29)19-10-9-18(32-19)13-7-8-16(26)17(27)11-13/h3-11,21,28H,1-2H3/t21-/m0/s1. The minimum absolute atomic E-state index is 0.144. The van der Waals surface area contributed by atoms with Crippen LogP contribution < -0.4 is 5.32 Å². The molecule has 0 fully saturated rings. The first kappa shape index (κ1) is 20.6. The molecule has 2 aromatic carbocycles. The van der Waals surface area contributed by atoms with Crippen LogP contribution in [0.1, 0.15) is 34.5 Å². The zero-order valence-electron chi connectivity index (χ0n) is 17.2. The number of esters is 1. The molecule has 32 heavy (non-hydrogen) atoms. The highest BCUT2D eigenvalue weighted by molar-refractivity contribution is 6.42. The van der Waals surface area contributed by atoms with E-state index in [-0.39, 0.29) is 5.78 Å². The molecule has 160 valence electrons. The van der Waals surface area contributed by atoms with E-state index < -0.39 is 11.9 Å². The number of hydrogen-bond donors (Lipinski definition) is 1. The molecule has 1 aromatic heterocycles. The van der Waals surface area contributed by atoms with E-state index in [1.807, 2.05) is 18.2 Å². The lowest BCUT2D eigenvalue weighted by atomic mass is 9.83. The Bertz CT molecular complexity index is 1370. The van der Waals surface area contributed by atoms with Gasteiger partial charge in [0, 0.05) is 28.0 Å². The summed E-state index contributed by atoms with van der Waals surface area (Å²) in [6.45, 7) is 1.79. The van der Waals surface area contributed by atoms with Gasteiger partial charge in [-0.05, 0) is 37.3 Å². The summed E-state index contributed by atoms with van der Waals surface area (Å²) in [6, 6.07) is 16.1. The molecule has 1 N–H and O–H groups in total. The van der Waals surface area contributed by atoms with Gasteiger partial charge in [0.05, 0.1) is 34.3 Å². The number of ether oxygens (including phenoxy) is 1. The van der Waals surface area contributed by atoms with E-state index >= 15 is 0 Å². The Kier molecular flexibility index (Phi) is 4.96. The van der Waals surface area contributed by atoms with Crippen LogP contribution in [0.5, 0.6) is 0 Å². The van der Waals surface area contributed by atoms with Gasteiger partial charge in [-0.15, -0.1) is 0 Å². The molecule has 0 saturated heterocycles. The van der Waals surface area contributed by atoms with Crippen LogP contribution in [-0.4, -0.2) is 18.9 Å². The molecule has 0 radical (unpaired) electrons. The number of allylic oxidation sites excluding steroid dienone is 2. The average molecular weight is 466 g/mol. The van der Waals surface area contributed by atoms with E-state index in [2.05, 4.69) is 5.32 Å². The predicted molar refractivity (Wildman–Crippen MR) is 122 cm³/mol. The van der Waals surface area contributed by atoms with Crippen molar-refractivity contribution in [1.29, 1.82) is 0 Å². The Labute approximate surface area is 194 Å². The summed E-state index contributed by atoms with van der Waals surface area (Å²) >= 11 is 12.2. The minimum atomic E-state index is -0.713. The van der Waals surface area contributed by atoms with Crippen molar-refractivity contribution in [3.63, 3.8) is 0 Å². The van der Waals surface area contributed by atoms with Crippen molar-refractivity contribution in [3.8, 4) is 11.3 Å². The van der Waals surface area contributed by atoms with Crippen LogP contribution in [0, 0.1) is 0 Å². The van der Waals surface area contributed by atoms with Crippen LogP contribution in [0.25, 0.3) is 17.0 Å². The maximum Gasteiger partial charge on any atom is 0.336 e. The molecule has 5 nitrogen and oxygen atoms in total. The lowest BCUT2D eigenvalue weighted by Crippen LogP contribution is -2.28. The van der Waals surface area contributed by atoms with Gasteiger partial charge in [-0.1, -0.05) is 47.5 Å². The molecular formula is C25H17Cl2NO4. The van der Waals surface area contributed by atoms with Crippen molar-refractivity contribution in [2.24, 2.45) is 0 Å². The highest BCUT2D eigenvalue weighted by Crippen LogP contribution is 2.47. The van der Waals surface area contributed by atoms with E-state index in [0.717, 1.165) is 11.1 Å². The normalized spacial score (nSPS) is 17.2. The van der Waals surface area contributed by atoms with Gasteiger partial charge >= 0.3 is 5.97 Å². The number of fused-ring (bicyclic) bond motifs is 2. The summed E-state index contributed by atoms with van der Waals surface area (Å²) < 4.78 is 11.2. The minimum Gasteiger partial charge on any atom is -0.466 e. The van der Waals surface area contributed by atoms with Gasteiger partial charge in [-0.3, -0.25) is 4.79 Å². The molecular weight excluding hydrogens is 449 g/mol. The number of carbonyl (C=O) groups is 2. The molecule has 1 aliphatic carbocycles. The maximum atomic E-state index is 13.4. The van der Waals surface area contributed by atoms with Crippen LogP contribution >= 0.6 is 23.2 Å². The number of rotatable bonds is 3. The van der Waals surface area contributed by atoms with Crippen molar-refractivity contribution < 1.29 is 18.7 Å². The zero-order chi connectivity index (χ0) is 22.6. The average Bonchev–Trinajstić information content (AvgIpc) is 3.38. The summed E-state index contributed by atoms with van der Waals surface area (Å²) in [4.78, 5) is 26.2. The number of benzene rings is 2. The fraction of sp³-hybridized carbons (Fsp3) is 0.120. The molecule has 0 spiro atoms. The summed E-state index contributed by atoms with van der Waals surface area (Å²) in [5.41, 5.74) is 4.22. The van der Waals surface area contributed by atoms with Crippen LogP contribution in [0.2, 0.25) is 10.0 Å². The van der Waals surface area contributed by atoms with Crippen molar-refractivity contribution in [3.05, 3.63) is 98.4 Å². The van der Waals surface area contributed by atoms with Crippen molar-refractivity contribution in [1.82, 2.24) is 5.32 Å². The first-order valence-corrected chi connectivity index (χ1v) is 10.7. The van der Waals surface area contributed by atoms with Crippen LogP contribution in [0.4, 0.5) is 0 Å². The molecule has 0 amide bonds. The van der Waals surface area contributed by atoms with E-state index in [1.165, 1.54) is 7.11 Å². The number of carbonyl (C=O) groups excluding carboxylic acids is 2. The number of methoxy groups -OCH3 is 1. The highest BCUT2D eigenvalue weighted by atomic mass is 35.5. The monoisotopic (exact) mass is 465 g/mol. The number of furan rings is 1. The maximum absolute atomic E-state index is 13.4. The molecule has 1 atom stereocenters. The molecule has 3 aromatic rings. The summed E-state index contributed by atoms with van der Waals surface area (Å²) in [5, 5.41) is 4.09. The lowest BCUT2D eigenvalue weighted by molar-refractivity contribution is -0.136. The molecule has 0 saturated carbocycles. The second-order valence-corrected chi connectivity index (χ2v) is 8.40. The summed E-state index contributed by atoms with van der Waals surface area (Å²) in [6.07, 6.45) is 0. The number of halogens is 2. The van der Waals surface area contributed by atoms with Gasteiger partial charge < -0.3 is 14.5 Å². The largest absolute Gasteiger partial charge is 0.466 e. The Morgan fingerprint density at radius 3 is 2.50 bits per heavy atom. The summed E-state index contributed by atoms with van der Waals surface area (Å²) in [5.74, 6) is -0.377. The van der Waals surface area contributed by atoms with E-state index in [4.69, 9.17) is 32.4 Å². The number of ketones is 1. The van der Waals surface area contributed by atoms with Crippen LogP contribution in [0.15, 0.2) is 75.9 Å². The SMILES string of the molecule is COC(=O)C1=C(C)NC2=C(C(=O)c3ccccc32)[C@H]1c1ccc(-c2ccc(Cl)c(Cl)c2)o1. The van der Waals surface area contributed by atoms with E-state index in [0.29, 0.717) is 49.7 Å². The van der Waals surface area contributed by atoms with E-state index in [9.17, 15) is 9.59 Å². The Balaban J connectivity index is 1.67. The third kappa shape index (κ3) is 3.08. The van der Waals surface area contributed by atoms with Gasteiger partial charge in [-0.2, -0.15) is 0 Å². The Morgan fingerprint density at radius 2 is 1.78 bits per heavy atom. The smallest absolute Gasteiger partial charge is 0.336 e. The van der Waals surface area contributed by atoms with Crippen LogP contribution in [-0.2, 0) is 9.53 Å². The topological polar surface area (TPSA) is 68.5 Å². The molecule has 0 bridgehead atoms. The number of hydrogen-bond acceptors (Lipinski definition) is 5. The van der Waals surface area contributed by atoms with E-state index in [1.54, 1.807) is 43.3 Å². The molecule has 1 aliphatic heterocycles. The van der Waals surface area contributed by atoms with Gasteiger partial charge in [0.2, 0.25) is 0 Å². The number of nitrogens with one attached hydrogen (secondary N) is 1. The third-order valence-electron chi connectivity index (χ3n) is 5.77.